The number of fused-ring (bicyclic) bond motifs is 2. The number of hydrogen-bond donors (Lipinski definition) is 0. The number of anilines is 2. The first-order valence-corrected chi connectivity index (χ1v) is 9.56. The summed E-state index contributed by atoms with van der Waals surface area (Å²) in [5.74, 6) is 1.63. The van der Waals surface area contributed by atoms with E-state index in [0.29, 0.717) is 12.0 Å². The molecule has 2 atom stereocenters. The minimum absolute atomic E-state index is 0.418. The van der Waals surface area contributed by atoms with Crippen molar-refractivity contribution in [3.05, 3.63) is 60.3 Å². The largest absolute Gasteiger partial charge is 0.365 e. The lowest BCUT2D eigenvalue weighted by molar-refractivity contribution is 0.389. The summed E-state index contributed by atoms with van der Waals surface area (Å²) in [5, 5.41) is 9.50. The summed E-state index contributed by atoms with van der Waals surface area (Å²) in [6, 6.07) is 18.7. The second-order valence-corrected chi connectivity index (χ2v) is 7.39. The lowest BCUT2D eigenvalue weighted by Gasteiger charge is -2.40. The van der Waals surface area contributed by atoms with Crippen LogP contribution in [0.4, 0.5) is 11.5 Å². The van der Waals surface area contributed by atoms with Gasteiger partial charge in [-0.25, -0.2) is 4.98 Å². The van der Waals surface area contributed by atoms with Crippen LogP contribution in [-0.4, -0.2) is 35.6 Å². The zero-order valence-electron chi connectivity index (χ0n) is 15.1. The summed E-state index contributed by atoms with van der Waals surface area (Å²) < 4.78 is 0. The molecular weight excluding hydrogens is 334 g/mol. The molecule has 0 saturated carbocycles. The van der Waals surface area contributed by atoms with Gasteiger partial charge in [-0.05, 0) is 43.0 Å². The molecule has 0 bridgehead atoms. The number of hydrogen-bond acceptors (Lipinski definition) is 5. The number of nitrogens with zero attached hydrogens (tertiary/aromatic N) is 5. The van der Waals surface area contributed by atoms with Gasteiger partial charge < -0.3 is 9.80 Å². The molecule has 27 heavy (non-hydrogen) atoms. The fourth-order valence-corrected chi connectivity index (χ4v) is 4.57. The summed E-state index contributed by atoms with van der Waals surface area (Å²) in [7, 11) is 0. The highest BCUT2D eigenvalue weighted by molar-refractivity contribution is 5.75. The van der Waals surface area contributed by atoms with Crippen molar-refractivity contribution in [1.29, 1.82) is 5.26 Å². The molecule has 2 aromatic carbocycles. The highest BCUT2D eigenvalue weighted by atomic mass is 15.3. The Bertz CT molecular complexity index is 1020. The summed E-state index contributed by atoms with van der Waals surface area (Å²) in [6.45, 7) is 2.96. The number of aromatic nitrogens is 2. The number of rotatable bonds is 2. The zero-order valence-corrected chi connectivity index (χ0v) is 15.1. The van der Waals surface area contributed by atoms with Crippen LogP contribution in [-0.2, 0) is 0 Å². The molecule has 5 rings (SSSR count). The van der Waals surface area contributed by atoms with Crippen LogP contribution >= 0.6 is 0 Å². The highest BCUT2D eigenvalue weighted by Gasteiger charge is 2.39. The molecule has 2 saturated heterocycles. The molecule has 2 aliphatic heterocycles. The van der Waals surface area contributed by atoms with Crippen molar-refractivity contribution in [2.24, 2.45) is 5.92 Å². The van der Waals surface area contributed by atoms with E-state index in [9.17, 15) is 5.26 Å². The van der Waals surface area contributed by atoms with Gasteiger partial charge in [-0.1, -0.05) is 24.3 Å². The average molecular weight is 355 g/mol. The van der Waals surface area contributed by atoms with Crippen LogP contribution in [0.1, 0.15) is 18.4 Å². The molecule has 0 radical (unpaired) electrons. The monoisotopic (exact) mass is 355 g/mol. The number of nitriles is 1. The van der Waals surface area contributed by atoms with Crippen molar-refractivity contribution in [1.82, 2.24) is 9.97 Å². The van der Waals surface area contributed by atoms with Crippen molar-refractivity contribution in [2.75, 3.05) is 29.4 Å². The Morgan fingerprint density at radius 3 is 2.63 bits per heavy atom. The third-order valence-electron chi connectivity index (χ3n) is 5.96. The van der Waals surface area contributed by atoms with Crippen molar-refractivity contribution in [3.63, 3.8) is 0 Å². The number of piperidine rings is 1. The molecule has 134 valence electrons. The Hall–Kier alpha value is -3.13. The van der Waals surface area contributed by atoms with E-state index in [-0.39, 0.29) is 0 Å². The van der Waals surface area contributed by atoms with Gasteiger partial charge in [0.05, 0.1) is 28.5 Å². The SMILES string of the molecule is N#Cc1ccccc1N1CCC2CCN(c3cnc4ccccc4n3)CC21. The molecule has 2 aliphatic rings. The number of benzene rings is 2. The Balaban J connectivity index is 1.44. The molecule has 2 fully saturated rings. The van der Waals surface area contributed by atoms with E-state index in [1.54, 1.807) is 0 Å². The van der Waals surface area contributed by atoms with E-state index in [1.165, 1.54) is 6.42 Å². The summed E-state index contributed by atoms with van der Waals surface area (Å²) in [5.41, 5.74) is 3.71. The predicted octanol–water partition coefficient (Wildman–Crippen LogP) is 3.61. The molecular formula is C22H21N5. The minimum Gasteiger partial charge on any atom is -0.365 e. The Kier molecular flexibility index (Phi) is 3.90. The first-order valence-electron chi connectivity index (χ1n) is 9.56. The molecule has 2 unspecified atom stereocenters. The van der Waals surface area contributed by atoms with Gasteiger partial charge in [0.2, 0.25) is 0 Å². The minimum atomic E-state index is 0.418. The van der Waals surface area contributed by atoms with E-state index in [2.05, 4.69) is 26.9 Å². The first kappa shape index (κ1) is 16.1. The number of para-hydroxylation sites is 3. The molecule has 3 aromatic rings. The third kappa shape index (κ3) is 2.78. The van der Waals surface area contributed by atoms with E-state index >= 15 is 0 Å². The van der Waals surface area contributed by atoms with Crippen molar-refractivity contribution in [3.8, 4) is 6.07 Å². The normalized spacial score (nSPS) is 21.9. The van der Waals surface area contributed by atoms with Gasteiger partial charge in [0.25, 0.3) is 0 Å². The highest BCUT2D eigenvalue weighted by Crippen LogP contribution is 2.37. The van der Waals surface area contributed by atoms with Gasteiger partial charge in [-0.3, -0.25) is 4.98 Å². The smallest absolute Gasteiger partial charge is 0.147 e. The Labute approximate surface area is 158 Å². The van der Waals surface area contributed by atoms with Gasteiger partial charge in [0, 0.05) is 25.7 Å². The summed E-state index contributed by atoms with van der Waals surface area (Å²) >= 11 is 0. The van der Waals surface area contributed by atoms with Crippen LogP contribution in [0.2, 0.25) is 0 Å². The van der Waals surface area contributed by atoms with E-state index in [1.807, 2.05) is 48.7 Å². The molecule has 0 aliphatic carbocycles. The molecule has 0 N–H and O–H groups in total. The maximum atomic E-state index is 9.50. The second-order valence-electron chi connectivity index (χ2n) is 7.39. The topological polar surface area (TPSA) is 56.1 Å². The fourth-order valence-electron chi connectivity index (χ4n) is 4.57. The van der Waals surface area contributed by atoms with E-state index in [0.717, 1.165) is 54.2 Å². The van der Waals surface area contributed by atoms with Gasteiger partial charge in [0.15, 0.2) is 0 Å². The van der Waals surface area contributed by atoms with Gasteiger partial charge in [-0.15, -0.1) is 0 Å². The quantitative estimate of drug-likeness (QED) is 0.703. The summed E-state index contributed by atoms with van der Waals surface area (Å²) in [6.07, 6.45) is 4.25. The van der Waals surface area contributed by atoms with Crippen LogP contribution in [0.15, 0.2) is 54.7 Å². The lowest BCUT2D eigenvalue weighted by atomic mass is 9.92. The molecule has 3 heterocycles. The van der Waals surface area contributed by atoms with Crippen molar-refractivity contribution >= 4 is 22.5 Å². The van der Waals surface area contributed by atoms with Crippen molar-refractivity contribution < 1.29 is 0 Å². The molecule has 0 amide bonds. The van der Waals surface area contributed by atoms with Crippen LogP contribution in [0.25, 0.3) is 11.0 Å². The van der Waals surface area contributed by atoms with E-state index < -0.39 is 0 Å². The van der Waals surface area contributed by atoms with Crippen LogP contribution < -0.4 is 9.80 Å². The van der Waals surface area contributed by atoms with Gasteiger partial charge in [0.1, 0.15) is 11.9 Å². The molecule has 5 heteroatoms. The maximum Gasteiger partial charge on any atom is 0.147 e. The Morgan fingerprint density at radius 1 is 0.963 bits per heavy atom. The molecule has 1 aromatic heterocycles. The molecule has 5 nitrogen and oxygen atoms in total. The standard InChI is InChI=1S/C22H21N5/c23-13-17-5-1-4-8-20(17)27-12-10-16-9-11-26(15-21(16)27)22-14-24-18-6-2-3-7-19(18)25-22/h1-8,14,16,21H,9-12,15H2. The molecule has 0 spiro atoms. The average Bonchev–Trinajstić information content (AvgIpc) is 3.16. The maximum absolute atomic E-state index is 9.50. The van der Waals surface area contributed by atoms with Gasteiger partial charge >= 0.3 is 0 Å². The predicted molar refractivity (Wildman–Crippen MR) is 107 cm³/mol. The first-order chi connectivity index (χ1) is 13.3. The van der Waals surface area contributed by atoms with Crippen molar-refractivity contribution in [2.45, 2.75) is 18.9 Å². The zero-order chi connectivity index (χ0) is 18.2. The van der Waals surface area contributed by atoms with E-state index in [4.69, 9.17) is 4.98 Å². The van der Waals surface area contributed by atoms with Crippen LogP contribution in [0.5, 0.6) is 0 Å². The lowest BCUT2D eigenvalue weighted by Crippen LogP contribution is -2.48. The third-order valence-corrected chi connectivity index (χ3v) is 5.96. The Morgan fingerprint density at radius 2 is 1.74 bits per heavy atom. The van der Waals surface area contributed by atoms with Gasteiger partial charge in [-0.2, -0.15) is 5.26 Å². The summed E-state index contributed by atoms with van der Waals surface area (Å²) in [4.78, 5) is 14.2. The van der Waals surface area contributed by atoms with Crippen LogP contribution in [0.3, 0.4) is 0 Å². The fraction of sp³-hybridized carbons (Fsp3) is 0.318. The second kappa shape index (κ2) is 6.55. The van der Waals surface area contributed by atoms with Crippen LogP contribution in [0, 0.1) is 17.2 Å².